The number of hydrogen-bond acceptors (Lipinski definition) is 9. The summed E-state index contributed by atoms with van der Waals surface area (Å²) >= 11 is 0. The molecule has 10 nitrogen and oxygen atoms in total. The first kappa shape index (κ1) is 21.7. The number of aromatic hydroxyl groups is 1. The number of aliphatic hydroxyl groups is 1. The molecule has 1 aromatic rings. The van der Waals surface area contributed by atoms with Gasteiger partial charge in [0.2, 0.25) is 6.10 Å². The number of phenols is 1. The molecule has 1 aromatic carbocycles. The number of benzene rings is 1. The Hall–Kier alpha value is -3.11. The number of rotatable bonds is 5. The second-order valence-corrected chi connectivity index (χ2v) is 9.22. The van der Waals surface area contributed by atoms with E-state index in [4.69, 9.17) is 9.47 Å². The molecule has 0 unspecified atom stereocenters. The molecule has 2 aliphatic heterocycles. The molecular weight excluding hydrogens is 434 g/mol. The number of hydrogen-bond donors (Lipinski definition) is 3. The van der Waals surface area contributed by atoms with Crippen LogP contribution in [-0.4, -0.2) is 75.6 Å². The van der Waals surface area contributed by atoms with Crippen molar-refractivity contribution >= 4 is 17.9 Å². The largest absolute Gasteiger partial charge is 0.504 e. The number of likely N-dealkylation sites (N-methyl/N-ethyl adjacent to an activating group) is 1. The number of phenolic OH excluding ortho intramolecular Hbond substituents is 1. The highest BCUT2D eigenvalue weighted by atomic mass is 16.6. The van der Waals surface area contributed by atoms with Crippen LogP contribution in [0.2, 0.25) is 0 Å². The van der Waals surface area contributed by atoms with Crippen molar-refractivity contribution in [1.82, 2.24) is 4.90 Å². The summed E-state index contributed by atoms with van der Waals surface area (Å²) in [5.41, 5.74) is -0.393. The highest BCUT2D eigenvalue weighted by molar-refractivity contribution is 5.83. The number of nitrogens with zero attached hydrogens (tertiary/aromatic N) is 1. The molecule has 1 fully saturated rings. The predicted octanol–water partition coefficient (Wildman–Crippen LogP) is 0.619. The third kappa shape index (κ3) is 2.90. The number of carboxylic acid groups (broad SMARTS) is 1. The molecule has 0 radical (unpaired) electrons. The maximum atomic E-state index is 12.6. The molecule has 176 valence electrons. The van der Waals surface area contributed by atoms with Gasteiger partial charge in [-0.1, -0.05) is 6.07 Å². The summed E-state index contributed by atoms with van der Waals surface area (Å²) in [5.74, 6) is -2.80. The third-order valence-electron chi connectivity index (χ3n) is 7.52. The van der Waals surface area contributed by atoms with Gasteiger partial charge < -0.3 is 34.4 Å². The molecule has 0 aromatic heterocycles. The molecular formula is C23H25NO9. The van der Waals surface area contributed by atoms with Crippen molar-refractivity contribution in [3.05, 3.63) is 35.1 Å². The van der Waals surface area contributed by atoms with Crippen molar-refractivity contribution in [2.75, 3.05) is 13.6 Å². The van der Waals surface area contributed by atoms with Crippen molar-refractivity contribution in [1.29, 1.82) is 0 Å². The van der Waals surface area contributed by atoms with Crippen LogP contribution in [0.5, 0.6) is 11.5 Å². The smallest absolute Gasteiger partial charge is 0.345 e. The van der Waals surface area contributed by atoms with Gasteiger partial charge in [0, 0.05) is 24.9 Å². The molecule has 5 rings (SSSR count). The Morgan fingerprint density at radius 1 is 1.33 bits per heavy atom. The third-order valence-corrected chi connectivity index (χ3v) is 7.52. The average Bonchev–Trinajstić information content (AvgIpc) is 3.09. The lowest BCUT2D eigenvalue weighted by atomic mass is 9.50. The second-order valence-electron chi connectivity index (χ2n) is 9.22. The van der Waals surface area contributed by atoms with Crippen LogP contribution in [0, 0.1) is 0 Å². The highest BCUT2D eigenvalue weighted by Crippen LogP contribution is 2.65. The summed E-state index contributed by atoms with van der Waals surface area (Å²) in [4.78, 5) is 37.2. The lowest BCUT2D eigenvalue weighted by Gasteiger charge is -2.61. The van der Waals surface area contributed by atoms with Gasteiger partial charge in [0.1, 0.15) is 5.76 Å². The number of ether oxygens (including phenoxy) is 3. The number of carbonyl (C=O) groups is 3. The Morgan fingerprint density at radius 3 is 2.79 bits per heavy atom. The minimum atomic E-state index is -1.67. The van der Waals surface area contributed by atoms with E-state index >= 15 is 0 Å². The summed E-state index contributed by atoms with van der Waals surface area (Å²) < 4.78 is 16.4. The van der Waals surface area contributed by atoms with Crippen molar-refractivity contribution < 1.29 is 43.9 Å². The molecule has 3 N–H and O–H groups in total. The first-order valence-electron chi connectivity index (χ1n) is 10.8. The van der Waals surface area contributed by atoms with Crippen LogP contribution in [0.3, 0.4) is 0 Å². The van der Waals surface area contributed by atoms with Crippen LogP contribution < -0.4 is 4.74 Å². The molecule has 2 heterocycles. The second kappa shape index (κ2) is 7.19. The molecule has 1 saturated heterocycles. The molecule has 0 saturated carbocycles. The van der Waals surface area contributed by atoms with Crippen LogP contribution in [0.4, 0.5) is 0 Å². The highest BCUT2D eigenvalue weighted by Gasteiger charge is 2.72. The Morgan fingerprint density at radius 2 is 2.09 bits per heavy atom. The number of aliphatic carboxylic acids is 1. The van der Waals surface area contributed by atoms with Crippen molar-refractivity contribution in [2.24, 2.45) is 0 Å². The van der Waals surface area contributed by atoms with E-state index in [1.54, 1.807) is 12.1 Å². The van der Waals surface area contributed by atoms with E-state index in [0.29, 0.717) is 19.4 Å². The van der Waals surface area contributed by atoms with E-state index in [1.165, 1.54) is 0 Å². The zero-order valence-corrected chi connectivity index (χ0v) is 18.2. The van der Waals surface area contributed by atoms with Crippen LogP contribution in [0.15, 0.2) is 24.0 Å². The number of carboxylic acids is 1. The Labute approximate surface area is 189 Å². The van der Waals surface area contributed by atoms with Gasteiger partial charge in [0.05, 0.1) is 17.4 Å². The lowest BCUT2D eigenvalue weighted by Crippen LogP contribution is -2.74. The topological polar surface area (TPSA) is 143 Å². The van der Waals surface area contributed by atoms with Gasteiger partial charge >= 0.3 is 17.9 Å². The number of carbonyl (C=O) groups excluding carboxylic acids is 2. The van der Waals surface area contributed by atoms with Gasteiger partial charge in [-0.3, -0.25) is 9.59 Å². The van der Waals surface area contributed by atoms with Crippen LogP contribution in [-0.2, 0) is 35.7 Å². The molecule has 1 spiro atoms. The van der Waals surface area contributed by atoms with Crippen molar-refractivity contribution in [3.8, 4) is 11.5 Å². The Kier molecular flexibility index (Phi) is 4.74. The van der Waals surface area contributed by atoms with E-state index in [1.807, 2.05) is 13.1 Å². The van der Waals surface area contributed by atoms with Crippen molar-refractivity contribution in [3.63, 3.8) is 0 Å². The van der Waals surface area contributed by atoms with E-state index in [-0.39, 0.29) is 29.7 Å². The lowest BCUT2D eigenvalue weighted by molar-refractivity contribution is -0.173. The molecule has 0 amide bonds. The van der Waals surface area contributed by atoms with E-state index in [9.17, 15) is 29.7 Å². The van der Waals surface area contributed by atoms with Gasteiger partial charge in [0.15, 0.2) is 17.6 Å². The van der Waals surface area contributed by atoms with Gasteiger partial charge in [-0.2, -0.15) is 0 Å². The Balaban J connectivity index is 1.51. The molecule has 4 aliphatic rings. The fraction of sp³-hybridized carbons (Fsp3) is 0.522. The predicted molar refractivity (Wildman–Crippen MR) is 110 cm³/mol. The maximum Gasteiger partial charge on any atom is 0.345 e. The number of likely N-dealkylation sites (tertiary alicyclic amines) is 1. The van der Waals surface area contributed by atoms with Crippen LogP contribution >= 0.6 is 0 Å². The average molecular weight is 459 g/mol. The fourth-order valence-corrected chi connectivity index (χ4v) is 6.14. The summed E-state index contributed by atoms with van der Waals surface area (Å²) in [6.45, 7) is 1.73. The maximum absolute atomic E-state index is 12.6. The van der Waals surface area contributed by atoms with E-state index in [0.717, 1.165) is 18.1 Å². The molecule has 2 bridgehead atoms. The quantitative estimate of drug-likeness (QED) is 0.536. The monoisotopic (exact) mass is 459 g/mol. The summed E-state index contributed by atoms with van der Waals surface area (Å²) in [5, 5.41) is 31.8. The van der Waals surface area contributed by atoms with Gasteiger partial charge in [-0.05, 0) is 44.1 Å². The number of esters is 2. The minimum Gasteiger partial charge on any atom is -0.504 e. The Bertz CT molecular complexity index is 1100. The molecule has 10 heteroatoms. The zero-order valence-electron chi connectivity index (χ0n) is 18.2. The fourth-order valence-electron chi connectivity index (χ4n) is 6.14. The summed E-state index contributed by atoms with van der Waals surface area (Å²) in [6, 6.07) is 3.22. The summed E-state index contributed by atoms with van der Waals surface area (Å²) in [6.07, 6.45) is -0.298. The minimum absolute atomic E-state index is 0.0521. The zero-order chi connectivity index (χ0) is 23.7. The van der Waals surface area contributed by atoms with Gasteiger partial charge in [-0.15, -0.1) is 0 Å². The van der Waals surface area contributed by atoms with E-state index in [2.05, 4.69) is 9.64 Å². The first-order chi connectivity index (χ1) is 15.6. The van der Waals surface area contributed by atoms with E-state index < -0.39 is 47.6 Å². The van der Waals surface area contributed by atoms with Gasteiger partial charge in [0.25, 0.3) is 0 Å². The number of piperidine rings is 1. The SMILES string of the molecule is CC(=O)O[C@@H](CC(=O)OC1=CC[C@@]2(O)[C@@H]3Cc4ccc(O)c5c4[C@@]2(CCN3C)[C@H]1O5)C(=O)O. The normalized spacial score (nSPS) is 32.2. The summed E-state index contributed by atoms with van der Waals surface area (Å²) in [7, 11) is 1.97. The van der Waals surface area contributed by atoms with Crippen molar-refractivity contribution in [2.45, 2.75) is 61.9 Å². The molecule has 2 aliphatic carbocycles. The molecule has 33 heavy (non-hydrogen) atoms. The van der Waals surface area contributed by atoms with Crippen LogP contribution in [0.1, 0.15) is 37.3 Å². The standard InChI is InChI=1S/C23H25NO9/c1-11(25)31-15(21(28)29)10-17(27)32-14-5-6-23(30)16-9-12-3-4-13(26)19-18(12)22(23,20(14)33-19)7-8-24(16)2/h3-5,15-16,20,26,30H,6-10H2,1-2H3,(H,28,29)/t15-,16-,20-,22-,23+/m0/s1. The van der Waals surface area contributed by atoms with Crippen LogP contribution in [0.25, 0.3) is 0 Å². The molecule has 5 atom stereocenters. The van der Waals surface area contributed by atoms with Gasteiger partial charge in [-0.25, -0.2) is 4.79 Å². The first-order valence-corrected chi connectivity index (χ1v) is 10.8.